The third-order valence-corrected chi connectivity index (χ3v) is 1.46. The molecule has 0 aliphatic heterocycles. The van der Waals surface area contributed by atoms with Crippen LogP contribution in [0, 0.1) is 0 Å². The lowest BCUT2D eigenvalue weighted by atomic mass is 10.2. The van der Waals surface area contributed by atoms with Gasteiger partial charge in [-0.15, -0.1) is 0 Å². The standard InChI is InChI=1S/C9H16F3N3O3/c1-8(2,3)18-7(17)15(5-4-13)6(16)14-9(10,11)12/h4-5,13H2,1-3H3,(H,14,16). The van der Waals surface area contributed by atoms with Crippen LogP contribution in [0.15, 0.2) is 0 Å². The van der Waals surface area contributed by atoms with Crippen molar-refractivity contribution in [3.63, 3.8) is 0 Å². The van der Waals surface area contributed by atoms with E-state index < -0.39 is 24.0 Å². The molecule has 0 rings (SSSR count). The van der Waals surface area contributed by atoms with Gasteiger partial charge >= 0.3 is 18.4 Å². The van der Waals surface area contributed by atoms with E-state index in [2.05, 4.69) is 0 Å². The molecule has 0 unspecified atom stereocenters. The van der Waals surface area contributed by atoms with Crippen molar-refractivity contribution < 1.29 is 27.5 Å². The van der Waals surface area contributed by atoms with Gasteiger partial charge in [-0.05, 0) is 20.8 Å². The maximum atomic E-state index is 12.0. The average molecular weight is 271 g/mol. The summed E-state index contributed by atoms with van der Waals surface area (Å²) in [4.78, 5) is 23.0. The highest BCUT2D eigenvalue weighted by atomic mass is 19.4. The van der Waals surface area contributed by atoms with Gasteiger partial charge in [0, 0.05) is 13.1 Å². The topological polar surface area (TPSA) is 84.7 Å². The third-order valence-electron chi connectivity index (χ3n) is 1.46. The first-order valence-electron chi connectivity index (χ1n) is 5.06. The molecular weight excluding hydrogens is 255 g/mol. The SMILES string of the molecule is CC(C)(C)OC(=O)N(CCN)C(=O)NC(F)(F)F. The molecule has 0 saturated heterocycles. The molecule has 0 aliphatic carbocycles. The summed E-state index contributed by atoms with van der Waals surface area (Å²) in [6.07, 6.45) is -6.11. The van der Waals surface area contributed by atoms with Crippen molar-refractivity contribution in [1.82, 2.24) is 10.2 Å². The van der Waals surface area contributed by atoms with E-state index in [-0.39, 0.29) is 18.0 Å². The number of nitrogens with zero attached hydrogens (tertiary/aromatic N) is 1. The number of hydrogen-bond donors (Lipinski definition) is 2. The molecule has 9 heteroatoms. The maximum Gasteiger partial charge on any atom is 0.485 e. The molecule has 0 aliphatic rings. The van der Waals surface area contributed by atoms with Gasteiger partial charge in [-0.2, -0.15) is 13.2 Å². The van der Waals surface area contributed by atoms with Gasteiger partial charge in [0.15, 0.2) is 0 Å². The normalized spacial score (nSPS) is 11.9. The molecule has 0 spiro atoms. The minimum Gasteiger partial charge on any atom is -0.443 e. The zero-order chi connectivity index (χ0) is 14.6. The fourth-order valence-electron chi connectivity index (χ4n) is 0.911. The van der Waals surface area contributed by atoms with Crippen molar-refractivity contribution in [1.29, 1.82) is 0 Å². The van der Waals surface area contributed by atoms with E-state index in [1.165, 1.54) is 20.8 Å². The van der Waals surface area contributed by atoms with Crippen LogP contribution in [-0.2, 0) is 4.74 Å². The highest BCUT2D eigenvalue weighted by Crippen LogP contribution is 2.13. The molecule has 0 heterocycles. The third kappa shape index (κ3) is 6.94. The molecule has 0 radical (unpaired) electrons. The number of urea groups is 1. The highest BCUT2D eigenvalue weighted by Gasteiger charge is 2.35. The molecule has 0 fully saturated rings. The molecule has 0 aromatic rings. The number of imide groups is 1. The van der Waals surface area contributed by atoms with E-state index in [1.54, 1.807) is 0 Å². The Morgan fingerprint density at radius 2 is 1.78 bits per heavy atom. The zero-order valence-corrected chi connectivity index (χ0v) is 10.3. The van der Waals surface area contributed by atoms with Gasteiger partial charge < -0.3 is 10.5 Å². The van der Waals surface area contributed by atoms with Crippen LogP contribution in [0.2, 0.25) is 0 Å². The van der Waals surface area contributed by atoms with Crippen LogP contribution in [0.3, 0.4) is 0 Å². The molecule has 18 heavy (non-hydrogen) atoms. The number of alkyl halides is 3. The van der Waals surface area contributed by atoms with Gasteiger partial charge in [-0.1, -0.05) is 0 Å². The lowest BCUT2D eigenvalue weighted by molar-refractivity contribution is -0.147. The molecule has 3 N–H and O–H groups in total. The van der Waals surface area contributed by atoms with Crippen molar-refractivity contribution >= 4 is 12.1 Å². The number of carbonyl (C=O) groups is 2. The molecule has 3 amide bonds. The Labute approximate surface area is 102 Å². The number of halogens is 3. The summed E-state index contributed by atoms with van der Waals surface area (Å²) in [5.41, 5.74) is 4.19. The quantitative estimate of drug-likeness (QED) is 0.744. The van der Waals surface area contributed by atoms with Crippen molar-refractivity contribution in [2.45, 2.75) is 32.7 Å². The van der Waals surface area contributed by atoms with Crippen molar-refractivity contribution in [3.05, 3.63) is 0 Å². The van der Waals surface area contributed by atoms with Crippen molar-refractivity contribution in [3.8, 4) is 0 Å². The summed E-state index contributed by atoms with van der Waals surface area (Å²) in [5.74, 6) is 0. The summed E-state index contributed by atoms with van der Waals surface area (Å²) >= 11 is 0. The molecular formula is C9H16F3N3O3. The zero-order valence-electron chi connectivity index (χ0n) is 10.3. The number of hydrogen-bond acceptors (Lipinski definition) is 4. The second-order valence-corrected chi connectivity index (χ2v) is 4.35. The first-order valence-corrected chi connectivity index (χ1v) is 5.06. The predicted molar refractivity (Wildman–Crippen MR) is 56.6 cm³/mol. The second-order valence-electron chi connectivity index (χ2n) is 4.35. The fraction of sp³-hybridized carbons (Fsp3) is 0.778. The van der Waals surface area contributed by atoms with Crippen LogP contribution in [0.4, 0.5) is 22.8 Å². The lowest BCUT2D eigenvalue weighted by Crippen LogP contribution is -2.51. The van der Waals surface area contributed by atoms with Crippen LogP contribution >= 0.6 is 0 Å². The van der Waals surface area contributed by atoms with Gasteiger partial charge in [-0.3, -0.25) is 0 Å². The number of rotatable bonds is 2. The molecule has 6 nitrogen and oxygen atoms in total. The van der Waals surface area contributed by atoms with E-state index >= 15 is 0 Å². The number of ether oxygens (including phenoxy) is 1. The molecule has 106 valence electrons. The number of nitrogens with two attached hydrogens (primary N) is 1. The highest BCUT2D eigenvalue weighted by molar-refractivity contribution is 5.91. The van der Waals surface area contributed by atoms with Gasteiger partial charge in [0.1, 0.15) is 5.60 Å². The smallest absolute Gasteiger partial charge is 0.443 e. The minimum absolute atomic E-state index is 0.176. The predicted octanol–water partition coefficient (Wildman–Crippen LogP) is 1.41. The molecule has 0 aromatic carbocycles. The van der Waals surface area contributed by atoms with Crippen LogP contribution in [0.5, 0.6) is 0 Å². The van der Waals surface area contributed by atoms with E-state index in [4.69, 9.17) is 10.5 Å². The summed E-state index contributed by atoms with van der Waals surface area (Å²) < 4.78 is 40.7. The monoisotopic (exact) mass is 271 g/mol. The van der Waals surface area contributed by atoms with Gasteiger partial charge in [0.25, 0.3) is 0 Å². The van der Waals surface area contributed by atoms with Crippen molar-refractivity contribution in [2.75, 3.05) is 13.1 Å². The Bertz CT molecular complexity index is 284. The van der Waals surface area contributed by atoms with Crippen molar-refractivity contribution in [2.24, 2.45) is 5.73 Å². The van der Waals surface area contributed by atoms with Crippen LogP contribution in [0.25, 0.3) is 0 Å². The molecule has 0 aromatic heterocycles. The van der Waals surface area contributed by atoms with Crippen LogP contribution in [-0.4, -0.2) is 42.0 Å². The summed E-state index contributed by atoms with van der Waals surface area (Å²) in [6.45, 7) is 4.01. The average Bonchev–Trinajstić information content (AvgIpc) is 2.07. The Kier molecular flexibility index (Phi) is 5.40. The number of nitrogens with one attached hydrogen (secondary N) is 1. The summed E-state index contributed by atoms with van der Waals surface area (Å²) in [5, 5.41) is 0.701. The van der Waals surface area contributed by atoms with E-state index in [0.29, 0.717) is 5.32 Å². The fourth-order valence-corrected chi connectivity index (χ4v) is 0.911. The Balaban J connectivity index is 4.75. The molecule has 0 atom stereocenters. The van der Waals surface area contributed by atoms with Gasteiger partial charge in [0.2, 0.25) is 0 Å². The van der Waals surface area contributed by atoms with Crippen LogP contribution in [0.1, 0.15) is 20.8 Å². The maximum absolute atomic E-state index is 12.0. The first kappa shape index (κ1) is 16.5. The first-order chi connectivity index (χ1) is 7.96. The van der Waals surface area contributed by atoms with E-state index in [9.17, 15) is 22.8 Å². The largest absolute Gasteiger partial charge is 0.485 e. The number of amides is 3. The van der Waals surface area contributed by atoms with Gasteiger partial charge in [0.05, 0.1) is 0 Å². The Morgan fingerprint density at radius 3 is 2.11 bits per heavy atom. The molecule has 0 bridgehead atoms. The summed E-state index contributed by atoms with van der Waals surface area (Å²) in [6, 6.07) is -1.62. The molecule has 0 saturated carbocycles. The number of carbonyl (C=O) groups excluding carboxylic acids is 2. The van der Waals surface area contributed by atoms with E-state index in [1.807, 2.05) is 0 Å². The van der Waals surface area contributed by atoms with Gasteiger partial charge in [-0.25, -0.2) is 19.8 Å². The van der Waals surface area contributed by atoms with E-state index in [0.717, 1.165) is 0 Å². The summed E-state index contributed by atoms with van der Waals surface area (Å²) in [7, 11) is 0. The second kappa shape index (κ2) is 5.89. The minimum atomic E-state index is -4.92. The Morgan fingerprint density at radius 1 is 1.28 bits per heavy atom. The van der Waals surface area contributed by atoms with Crippen LogP contribution < -0.4 is 11.1 Å². The Hall–Kier alpha value is -1.51. The lowest BCUT2D eigenvalue weighted by Gasteiger charge is -2.26.